The van der Waals surface area contributed by atoms with E-state index in [4.69, 9.17) is 4.74 Å². The number of ether oxygens (including phenoxy) is 1. The normalized spacial score (nSPS) is 13.2. The second-order valence-electron chi connectivity index (χ2n) is 4.68. The summed E-state index contributed by atoms with van der Waals surface area (Å²) in [5.74, 6) is -0.0124. The van der Waals surface area contributed by atoms with Crippen LogP contribution in [0.5, 0.6) is 0 Å². The van der Waals surface area contributed by atoms with Crippen LogP contribution in [0.25, 0.3) is 0 Å². The molecule has 0 bridgehead atoms. The molecule has 1 unspecified atom stereocenters. The van der Waals surface area contributed by atoms with E-state index in [2.05, 4.69) is 0 Å². The van der Waals surface area contributed by atoms with Crippen molar-refractivity contribution in [1.29, 1.82) is 0 Å². The first-order valence-corrected chi connectivity index (χ1v) is 7.82. The van der Waals surface area contributed by atoms with E-state index < -0.39 is 9.84 Å². The highest BCUT2D eigenvalue weighted by atomic mass is 32.2. The fraction of sp³-hybridized carbons (Fsp3) is 0.500. The van der Waals surface area contributed by atoms with Crippen LogP contribution in [0, 0.1) is 6.92 Å². The van der Waals surface area contributed by atoms with Crippen LogP contribution >= 0.6 is 0 Å². The van der Waals surface area contributed by atoms with Gasteiger partial charge in [0, 0.05) is 13.5 Å². The van der Waals surface area contributed by atoms with Gasteiger partial charge in [0.15, 0.2) is 9.84 Å². The highest BCUT2D eigenvalue weighted by Crippen LogP contribution is 2.15. The van der Waals surface area contributed by atoms with Gasteiger partial charge in [-0.3, -0.25) is 4.79 Å². The molecule has 0 saturated carbocycles. The molecule has 0 fully saturated rings. The first-order chi connectivity index (χ1) is 8.85. The number of hydrogen-bond acceptors (Lipinski definition) is 4. The molecule has 19 heavy (non-hydrogen) atoms. The number of methoxy groups -OCH3 is 1. The second kappa shape index (κ2) is 6.82. The smallest absolute Gasteiger partial charge is 0.178 e. The fourth-order valence-electron chi connectivity index (χ4n) is 1.77. The molecule has 1 aromatic rings. The van der Waals surface area contributed by atoms with E-state index in [1.807, 2.05) is 6.92 Å². The highest BCUT2D eigenvalue weighted by Gasteiger charge is 2.18. The van der Waals surface area contributed by atoms with Gasteiger partial charge in [-0.1, -0.05) is 17.7 Å². The van der Waals surface area contributed by atoms with Crippen LogP contribution in [0.1, 0.15) is 25.3 Å². The third-order valence-corrected chi connectivity index (χ3v) is 4.70. The van der Waals surface area contributed by atoms with Gasteiger partial charge in [0.25, 0.3) is 0 Å². The number of hydrogen-bond donors (Lipinski definition) is 0. The third kappa shape index (κ3) is 5.12. The summed E-state index contributed by atoms with van der Waals surface area (Å²) in [5, 5.41) is 0. The van der Waals surface area contributed by atoms with Gasteiger partial charge in [-0.2, -0.15) is 0 Å². The van der Waals surface area contributed by atoms with E-state index in [0.717, 1.165) is 5.56 Å². The van der Waals surface area contributed by atoms with Gasteiger partial charge in [0.05, 0.1) is 16.8 Å². The summed E-state index contributed by atoms with van der Waals surface area (Å²) in [4.78, 5) is 11.3. The summed E-state index contributed by atoms with van der Waals surface area (Å²) in [5.41, 5.74) is 1.02. The lowest BCUT2D eigenvalue weighted by Gasteiger charge is -2.13. The van der Waals surface area contributed by atoms with Crippen molar-refractivity contribution in [3.05, 3.63) is 29.8 Å². The monoisotopic (exact) mass is 284 g/mol. The first kappa shape index (κ1) is 15.9. The van der Waals surface area contributed by atoms with E-state index in [0.29, 0.717) is 11.3 Å². The zero-order valence-corrected chi connectivity index (χ0v) is 12.4. The van der Waals surface area contributed by atoms with Gasteiger partial charge in [-0.15, -0.1) is 0 Å². The summed E-state index contributed by atoms with van der Waals surface area (Å²) in [6, 6.07) is 6.77. The molecule has 0 aliphatic carbocycles. The van der Waals surface area contributed by atoms with Crippen molar-refractivity contribution < 1.29 is 17.9 Å². The minimum Gasteiger partial charge on any atom is -0.381 e. The summed E-state index contributed by atoms with van der Waals surface area (Å²) in [6.45, 7) is 3.38. The van der Waals surface area contributed by atoms with Gasteiger partial charge >= 0.3 is 0 Å². The molecule has 4 nitrogen and oxygen atoms in total. The Morgan fingerprint density at radius 2 is 1.84 bits per heavy atom. The molecule has 1 rings (SSSR count). The Kier molecular flexibility index (Phi) is 5.69. The first-order valence-electron chi connectivity index (χ1n) is 6.17. The maximum Gasteiger partial charge on any atom is 0.178 e. The Hall–Kier alpha value is -1.20. The summed E-state index contributed by atoms with van der Waals surface area (Å²) in [7, 11) is -1.82. The van der Waals surface area contributed by atoms with Crippen LogP contribution in [0.2, 0.25) is 0 Å². The van der Waals surface area contributed by atoms with E-state index >= 15 is 0 Å². The molecule has 0 amide bonds. The van der Waals surface area contributed by atoms with Crippen molar-refractivity contribution in [2.45, 2.75) is 37.7 Å². The molecule has 1 aromatic carbocycles. The van der Waals surface area contributed by atoms with Gasteiger partial charge in [-0.05, 0) is 32.4 Å². The van der Waals surface area contributed by atoms with Gasteiger partial charge < -0.3 is 4.74 Å². The van der Waals surface area contributed by atoms with E-state index in [1.165, 1.54) is 14.0 Å². The van der Waals surface area contributed by atoms with Crippen molar-refractivity contribution >= 4 is 15.6 Å². The maximum absolute atomic E-state index is 12.1. The molecule has 5 heteroatoms. The number of aryl methyl sites for hydroxylation is 1. The minimum atomic E-state index is -3.31. The highest BCUT2D eigenvalue weighted by molar-refractivity contribution is 7.91. The molecule has 0 spiro atoms. The number of carbonyl (C=O) groups excluding carboxylic acids is 1. The van der Waals surface area contributed by atoms with Crippen molar-refractivity contribution in [2.24, 2.45) is 0 Å². The molecule has 0 heterocycles. The Bertz CT molecular complexity index is 517. The van der Waals surface area contributed by atoms with Crippen molar-refractivity contribution in [2.75, 3.05) is 12.9 Å². The van der Waals surface area contributed by atoms with Gasteiger partial charge in [-0.25, -0.2) is 8.42 Å². The predicted octanol–water partition coefficient (Wildman–Crippen LogP) is 2.15. The number of carbonyl (C=O) groups is 1. The number of Topliss-reactive ketones (excluding diaryl/α,β-unsaturated/α-hetero) is 1. The van der Waals surface area contributed by atoms with E-state index in [9.17, 15) is 13.2 Å². The molecular weight excluding hydrogens is 264 g/mol. The largest absolute Gasteiger partial charge is 0.381 e. The lowest BCUT2D eigenvalue weighted by Crippen LogP contribution is -2.19. The van der Waals surface area contributed by atoms with Gasteiger partial charge in [0.2, 0.25) is 0 Å². The third-order valence-electron chi connectivity index (χ3n) is 2.94. The molecule has 0 aromatic heterocycles. The van der Waals surface area contributed by atoms with E-state index in [-0.39, 0.29) is 24.1 Å². The summed E-state index contributed by atoms with van der Waals surface area (Å²) in [6.07, 6.45) is 0.240. The lowest BCUT2D eigenvalue weighted by molar-refractivity contribution is -0.119. The van der Waals surface area contributed by atoms with Crippen LogP contribution in [0.15, 0.2) is 29.2 Å². The van der Waals surface area contributed by atoms with Crippen LogP contribution in [-0.2, 0) is 19.4 Å². The average Bonchev–Trinajstić information content (AvgIpc) is 2.34. The quantitative estimate of drug-likeness (QED) is 0.769. The molecule has 0 aliphatic heterocycles. The van der Waals surface area contributed by atoms with Crippen molar-refractivity contribution in [3.8, 4) is 0 Å². The van der Waals surface area contributed by atoms with Crippen molar-refractivity contribution in [1.82, 2.24) is 0 Å². The Morgan fingerprint density at radius 1 is 1.26 bits per heavy atom. The van der Waals surface area contributed by atoms with Crippen LogP contribution in [-0.4, -0.2) is 33.2 Å². The van der Waals surface area contributed by atoms with Crippen molar-refractivity contribution in [3.63, 3.8) is 0 Å². The predicted molar refractivity (Wildman–Crippen MR) is 73.9 cm³/mol. The minimum absolute atomic E-state index is 0.000385. The van der Waals surface area contributed by atoms with Crippen LogP contribution in [0.3, 0.4) is 0 Å². The molecule has 106 valence electrons. The molecule has 0 aliphatic rings. The molecular formula is C14H20O4S. The Balaban J connectivity index is 2.69. The SMILES string of the molecule is COC(CCS(=O)(=O)c1ccc(C)cc1)CC(C)=O. The fourth-order valence-corrected chi connectivity index (χ4v) is 3.13. The topological polar surface area (TPSA) is 60.4 Å². The van der Waals surface area contributed by atoms with E-state index in [1.54, 1.807) is 24.3 Å². The average molecular weight is 284 g/mol. The Labute approximate surface area is 114 Å². The zero-order valence-electron chi connectivity index (χ0n) is 11.5. The van der Waals surface area contributed by atoms with Crippen LogP contribution in [0.4, 0.5) is 0 Å². The second-order valence-corrected chi connectivity index (χ2v) is 6.79. The molecule has 0 saturated heterocycles. The Morgan fingerprint density at radius 3 is 2.32 bits per heavy atom. The lowest BCUT2D eigenvalue weighted by atomic mass is 10.1. The number of benzene rings is 1. The zero-order chi connectivity index (χ0) is 14.5. The summed E-state index contributed by atoms with van der Waals surface area (Å²) < 4.78 is 29.3. The molecule has 0 radical (unpaired) electrons. The number of sulfone groups is 1. The molecule has 1 atom stereocenters. The standard InChI is InChI=1S/C14H20O4S/c1-11-4-6-14(7-5-11)19(16,17)9-8-13(18-3)10-12(2)15/h4-7,13H,8-10H2,1-3H3. The number of ketones is 1. The van der Waals surface area contributed by atoms with Gasteiger partial charge in [0.1, 0.15) is 5.78 Å². The maximum atomic E-state index is 12.1. The number of rotatable bonds is 7. The van der Waals surface area contributed by atoms with Crippen LogP contribution < -0.4 is 0 Å². The molecule has 0 N–H and O–H groups in total. The summed E-state index contributed by atoms with van der Waals surface area (Å²) >= 11 is 0.